The first-order chi connectivity index (χ1) is 8.08. The van der Waals surface area contributed by atoms with Crippen LogP contribution in [0.25, 0.3) is 0 Å². The Labute approximate surface area is 99.5 Å². The lowest BCUT2D eigenvalue weighted by Gasteiger charge is -2.07. The fraction of sp³-hybridized carbons (Fsp3) is 0.231. The van der Waals surface area contributed by atoms with Crippen molar-refractivity contribution in [3.8, 4) is 0 Å². The van der Waals surface area contributed by atoms with E-state index >= 15 is 0 Å². The lowest BCUT2D eigenvalue weighted by Crippen LogP contribution is -2.10. The van der Waals surface area contributed by atoms with Crippen LogP contribution in [0, 0.1) is 13.8 Å². The first-order valence-electron chi connectivity index (χ1n) is 5.39. The van der Waals surface area contributed by atoms with Crippen LogP contribution in [0.3, 0.4) is 0 Å². The molecule has 1 heterocycles. The van der Waals surface area contributed by atoms with Crippen LogP contribution in [0.5, 0.6) is 0 Å². The summed E-state index contributed by atoms with van der Waals surface area (Å²) in [4.78, 5) is 10.9. The molecule has 0 amide bonds. The summed E-state index contributed by atoms with van der Waals surface area (Å²) < 4.78 is 1.49. The van der Waals surface area contributed by atoms with Gasteiger partial charge in [-0.05, 0) is 36.6 Å². The van der Waals surface area contributed by atoms with Crippen LogP contribution in [0.2, 0.25) is 0 Å². The summed E-state index contributed by atoms with van der Waals surface area (Å²) in [5.74, 6) is -0.952. The molecule has 0 atom stereocenters. The van der Waals surface area contributed by atoms with Gasteiger partial charge < -0.3 is 5.11 Å². The molecule has 0 unspecified atom stereocenters. The number of hydrogen-bond donors (Lipinski definition) is 1. The molecule has 88 valence electrons. The van der Waals surface area contributed by atoms with Crippen molar-refractivity contribution in [2.75, 3.05) is 0 Å². The number of aromatic nitrogens is 2. The van der Waals surface area contributed by atoms with Gasteiger partial charge in [0.05, 0.1) is 6.54 Å². The molecule has 0 spiro atoms. The monoisotopic (exact) mass is 230 g/mol. The third-order valence-corrected chi connectivity index (χ3v) is 2.84. The number of aromatic carboxylic acids is 1. The summed E-state index contributed by atoms with van der Waals surface area (Å²) in [6, 6.07) is 7.59. The average Bonchev–Trinajstić information content (AvgIpc) is 2.72. The van der Waals surface area contributed by atoms with E-state index in [1.807, 2.05) is 19.1 Å². The van der Waals surface area contributed by atoms with Gasteiger partial charge in [0, 0.05) is 6.20 Å². The highest BCUT2D eigenvalue weighted by molar-refractivity contribution is 5.85. The Morgan fingerprint density at radius 1 is 1.29 bits per heavy atom. The molecule has 0 aliphatic carbocycles. The van der Waals surface area contributed by atoms with Crippen molar-refractivity contribution in [2.45, 2.75) is 20.4 Å². The van der Waals surface area contributed by atoms with Crippen molar-refractivity contribution in [3.05, 3.63) is 52.8 Å². The molecule has 17 heavy (non-hydrogen) atoms. The van der Waals surface area contributed by atoms with Crippen molar-refractivity contribution in [3.63, 3.8) is 0 Å². The van der Waals surface area contributed by atoms with Crippen LogP contribution in [-0.4, -0.2) is 20.9 Å². The van der Waals surface area contributed by atoms with E-state index in [9.17, 15) is 4.79 Å². The summed E-state index contributed by atoms with van der Waals surface area (Å²) in [6.45, 7) is 4.57. The number of carboxylic acids is 1. The molecule has 4 nitrogen and oxygen atoms in total. The first-order valence-corrected chi connectivity index (χ1v) is 5.39. The summed E-state index contributed by atoms with van der Waals surface area (Å²) in [5, 5.41) is 13.0. The fourth-order valence-electron chi connectivity index (χ4n) is 1.72. The maximum atomic E-state index is 10.9. The smallest absolute Gasteiger partial charge is 0.354 e. The third kappa shape index (κ3) is 2.36. The van der Waals surface area contributed by atoms with E-state index in [0.29, 0.717) is 6.54 Å². The minimum Gasteiger partial charge on any atom is -0.477 e. The first kappa shape index (κ1) is 11.4. The molecule has 1 N–H and O–H groups in total. The highest BCUT2D eigenvalue weighted by Gasteiger charge is 2.10. The predicted octanol–water partition coefficient (Wildman–Crippen LogP) is 2.25. The molecule has 0 aliphatic heterocycles. The van der Waals surface area contributed by atoms with Gasteiger partial charge in [-0.1, -0.05) is 18.2 Å². The second kappa shape index (κ2) is 4.41. The van der Waals surface area contributed by atoms with Gasteiger partial charge in [0.1, 0.15) is 5.69 Å². The number of rotatable bonds is 3. The number of carbonyl (C=O) groups is 1. The van der Waals surface area contributed by atoms with E-state index in [0.717, 1.165) is 5.56 Å². The van der Waals surface area contributed by atoms with Crippen molar-refractivity contribution >= 4 is 5.97 Å². The maximum absolute atomic E-state index is 10.9. The topological polar surface area (TPSA) is 55.1 Å². The van der Waals surface area contributed by atoms with Gasteiger partial charge in [-0.15, -0.1) is 0 Å². The van der Waals surface area contributed by atoms with Crippen LogP contribution >= 0.6 is 0 Å². The van der Waals surface area contributed by atoms with E-state index in [4.69, 9.17) is 5.11 Å². The van der Waals surface area contributed by atoms with Crippen LogP contribution in [-0.2, 0) is 6.54 Å². The van der Waals surface area contributed by atoms with E-state index in [1.54, 1.807) is 0 Å². The quantitative estimate of drug-likeness (QED) is 0.879. The number of benzene rings is 1. The van der Waals surface area contributed by atoms with Gasteiger partial charge in [0.2, 0.25) is 0 Å². The zero-order chi connectivity index (χ0) is 12.4. The number of aryl methyl sites for hydroxylation is 2. The van der Waals surface area contributed by atoms with Crippen LogP contribution in [0.1, 0.15) is 27.2 Å². The fourth-order valence-corrected chi connectivity index (χ4v) is 1.72. The van der Waals surface area contributed by atoms with Gasteiger partial charge in [-0.2, -0.15) is 5.10 Å². The molecule has 2 rings (SSSR count). The van der Waals surface area contributed by atoms with E-state index in [-0.39, 0.29) is 5.69 Å². The van der Waals surface area contributed by atoms with Crippen molar-refractivity contribution < 1.29 is 9.90 Å². The predicted molar refractivity (Wildman–Crippen MR) is 64.2 cm³/mol. The Morgan fingerprint density at radius 2 is 2.06 bits per heavy atom. The van der Waals surface area contributed by atoms with Crippen LogP contribution in [0.4, 0.5) is 0 Å². The van der Waals surface area contributed by atoms with E-state index in [2.05, 4.69) is 18.1 Å². The molecule has 0 radical (unpaired) electrons. The van der Waals surface area contributed by atoms with Crippen molar-refractivity contribution in [1.29, 1.82) is 0 Å². The van der Waals surface area contributed by atoms with Crippen LogP contribution < -0.4 is 0 Å². The molecule has 1 aromatic heterocycles. The zero-order valence-corrected chi connectivity index (χ0v) is 9.84. The molecule has 1 aromatic carbocycles. The number of carboxylic acid groups (broad SMARTS) is 1. The Morgan fingerprint density at radius 3 is 2.71 bits per heavy atom. The average molecular weight is 230 g/mol. The van der Waals surface area contributed by atoms with Gasteiger partial charge in [0.25, 0.3) is 0 Å². The van der Waals surface area contributed by atoms with Crippen LogP contribution in [0.15, 0.2) is 30.5 Å². The van der Waals surface area contributed by atoms with Gasteiger partial charge in [-0.25, -0.2) is 4.79 Å². The molecule has 0 saturated carbocycles. The highest BCUT2D eigenvalue weighted by atomic mass is 16.4. The van der Waals surface area contributed by atoms with Gasteiger partial charge in [0.15, 0.2) is 0 Å². The van der Waals surface area contributed by atoms with Crippen molar-refractivity contribution in [2.24, 2.45) is 0 Å². The zero-order valence-electron chi connectivity index (χ0n) is 9.84. The lowest BCUT2D eigenvalue weighted by atomic mass is 10.1. The van der Waals surface area contributed by atoms with E-state index in [1.165, 1.54) is 28.1 Å². The Balaban J connectivity index is 2.28. The molecular weight excluding hydrogens is 216 g/mol. The molecule has 0 fully saturated rings. The SMILES string of the molecule is Cc1ccc(Cn2nccc2C(=O)O)cc1C. The third-order valence-electron chi connectivity index (χ3n) is 2.84. The van der Waals surface area contributed by atoms with E-state index < -0.39 is 5.97 Å². The molecular formula is C13H14N2O2. The summed E-state index contributed by atoms with van der Waals surface area (Å²) in [7, 11) is 0. The molecule has 0 bridgehead atoms. The second-order valence-electron chi connectivity index (χ2n) is 4.10. The Kier molecular flexibility index (Phi) is 2.95. The maximum Gasteiger partial charge on any atom is 0.354 e. The van der Waals surface area contributed by atoms with Gasteiger partial charge in [-0.3, -0.25) is 4.68 Å². The largest absolute Gasteiger partial charge is 0.477 e. The normalized spacial score (nSPS) is 10.5. The Hall–Kier alpha value is -2.10. The van der Waals surface area contributed by atoms with Gasteiger partial charge >= 0.3 is 5.97 Å². The minimum absolute atomic E-state index is 0.211. The standard InChI is InChI=1S/C13H14N2O2/c1-9-3-4-11(7-10(9)2)8-15-12(13(16)17)5-6-14-15/h3-7H,8H2,1-2H3,(H,16,17). The molecule has 2 aromatic rings. The summed E-state index contributed by atoms with van der Waals surface area (Å²) in [6.07, 6.45) is 1.50. The molecule has 0 aliphatic rings. The minimum atomic E-state index is -0.952. The summed E-state index contributed by atoms with van der Waals surface area (Å²) >= 11 is 0. The molecule has 0 saturated heterocycles. The Bertz CT molecular complexity index is 558. The highest BCUT2D eigenvalue weighted by Crippen LogP contribution is 2.12. The number of hydrogen-bond acceptors (Lipinski definition) is 2. The van der Waals surface area contributed by atoms with Crippen molar-refractivity contribution in [1.82, 2.24) is 9.78 Å². The second-order valence-corrected chi connectivity index (χ2v) is 4.10. The lowest BCUT2D eigenvalue weighted by molar-refractivity contribution is 0.0684. The molecule has 4 heteroatoms. The number of nitrogens with zero attached hydrogens (tertiary/aromatic N) is 2. The summed E-state index contributed by atoms with van der Waals surface area (Å²) in [5.41, 5.74) is 3.70.